The Morgan fingerprint density at radius 1 is 1.33 bits per heavy atom. The quantitative estimate of drug-likeness (QED) is 0.670. The van der Waals surface area contributed by atoms with Crippen LogP contribution in [0.1, 0.15) is 16.7 Å². The van der Waals surface area contributed by atoms with Gasteiger partial charge in [0.05, 0.1) is 9.95 Å². The summed E-state index contributed by atoms with van der Waals surface area (Å²) in [5.74, 6) is 0.445. The highest BCUT2D eigenvalue weighted by Gasteiger charge is 2.12. The Hall–Kier alpha value is -2.18. The van der Waals surface area contributed by atoms with Crippen molar-refractivity contribution < 1.29 is 4.92 Å². The van der Waals surface area contributed by atoms with Gasteiger partial charge in [0.2, 0.25) is 0 Å². The van der Waals surface area contributed by atoms with Crippen molar-refractivity contribution in [2.45, 2.75) is 19.6 Å². The van der Waals surface area contributed by atoms with E-state index in [0.29, 0.717) is 12.4 Å². The summed E-state index contributed by atoms with van der Waals surface area (Å²) in [6.07, 6.45) is 1.20. The van der Waals surface area contributed by atoms with Gasteiger partial charge in [-0.3, -0.25) is 10.1 Å². The number of anilines is 1. The highest BCUT2D eigenvalue weighted by atomic mass is 35.5. The molecule has 7 heteroatoms. The van der Waals surface area contributed by atoms with Gasteiger partial charge in [-0.2, -0.15) is 0 Å². The fourth-order valence-corrected chi connectivity index (χ4v) is 2.53. The minimum Gasteiger partial charge on any atom is -0.365 e. The van der Waals surface area contributed by atoms with Crippen LogP contribution in [-0.2, 0) is 19.6 Å². The zero-order valence-electron chi connectivity index (χ0n) is 11.1. The Labute approximate surface area is 126 Å². The van der Waals surface area contributed by atoms with Gasteiger partial charge in [0.25, 0.3) is 5.69 Å². The highest BCUT2D eigenvalue weighted by molar-refractivity contribution is 6.33. The van der Waals surface area contributed by atoms with E-state index in [1.165, 1.54) is 23.4 Å². The summed E-state index contributed by atoms with van der Waals surface area (Å²) in [4.78, 5) is 14.1. The van der Waals surface area contributed by atoms with Gasteiger partial charge in [-0.05, 0) is 16.7 Å². The van der Waals surface area contributed by atoms with Gasteiger partial charge in [0, 0.05) is 25.7 Å². The van der Waals surface area contributed by atoms with Crippen LogP contribution >= 0.6 is 11.6 Å². The van der Waals surface area contributed by atoms with Crippen LogP contribution in [0, 0.1) is 10.1 Å². The fourth-order valence-electron chi connectivity index (χ4n) is 2.30. The van der Waals surface area contributed by atoms with Crippen LogP contribution in [0.5, 0.6) is 0 Å². The van der Waals surface area contributed by atoms with E-state index in [-0.39, 0.29) is 10.7 Å². The molecule has 0 radical (unpaired) electrons. The van der Waals surface area contributed by atoms with Crippen LogP contribution < -0.4 is 10.6 Å². The first-order valence-electron chi connectivity index (χ1n) is 6.48. The monoisotopic (exact) mass is 304 g/mol. The number of hydrogen-bond acceptors (Lipinski definition) is 5. The van der Waals surface area contributed by atoms with E-state index in [9.17, 15) is 10.1 Å². The maximum Gasteiger partial charge on any atom is 0.289 e. The number of nitrogens with zero attached hydrogens (tertiary/aromatic N) is 2. The topological polar surface area (TPSA) is 80.1 Å². The normalized spacial score (nSPS) is 13.0. The molecule has 1 aliphatic rings. The van der Waals surface area contributed by atoms with E-state index in [1.807, 2.05) is 0 Å². The van der Waals surface area contributed by atoms with Crippen LogP contribution in [0.3, 0.4) is 0 Å². The molecule has 2 N–H and O–H groups in total. The summed E-state index contributed by atoms with van der Waals surface area (Å²) in [5.41, 5.74) is 3.63. The van der Waals surface area contributed by atoms with Crippen LogP contribution in [0.2, 0.25) is 5.02 Å². The summed E-state index contributed by atoms with van der Waals surface area (Å²) in [6.45, 7) is 2.37. The number of halogens is 1. The number of fused-ring (bicyclic) bond motifs is 1. The van der Waals surface area contributed by atoms with Crippen molar-refractivity contribution in [2.24, 2.45) is 0 Å². The summed E-state index contributed by atoms with van der Waals surface area (Å²) in [5, 5.41) is 17.3. The van der Waals surface area contributed by atoms with E-state index in [1.54, 1.807) is 0 Å². The predicted octanol–water partition coefficient (Wildman–Crippen LogP) is 2.86. The molecule has 3 rings (SSSR count). The third-order valence-corrected chi connectivity index (χ3v) is 3.69. The Morgan fingerprint density at radius 2 is 2.14 bits per heavy atom. The van der Waals surface area contributed by atoms with Crippen molar-refractivity contribution in [3.63, 3.8) is 0 Å². The van der Waals surface area contributed by atoms with Crippen molar-refractivity contribution in [1.82, 2.24) is 10.3 Å². The molecule has 0 aliphatic carbocycles. The van der Waals surface area contributed by atoms with Gasteiger partial charge in [0.1, 0.15) is 12.0 Å². The van der Waals surface area contributed by atoms with Crippen molar-refractivity contribution >= 4 is 23.1 Å². The summed E-state index contributed by atoms with van der Waals surface area (Å²) < 4.78 is 0. The van der Waals surface area contributed by atoms with Gasteiger partial charge < -0.3 is 10.6 Å². The number of pyridine rings is 1. The number of aromatic nitrogens is 1. The van der Waals surface area contributed by atoms with Gasteiger partial charge in [-0.1, -0.05) is 29.8 Å². The number of nitrogens with one attached hydrogen (secondary N) is 2. The standard InChI is InChI=1S/C14H13ClN4O2/c15-13-4-12(19(20)21)8-18-14(13)17-5-9-1-2-10-6-16-7-11(10)3-9/h1-4,8,16H,5-7H2,(H,17,18). The van der Waals surface area contributed by atoms with Gasteiger partial charge in [-0.25, -0.2) is 4.98 Å². The third kappa shape index (κ3) is 2.96. The lowest BCUT2D eigenvalue weighted by molar-refractivity contribution is -0.385. The molecule has 108 valence electrons. The van der Waals surface area contributed by atoms with Gasteiger partial charge >= 0.3 is 0 Å². The summed E-state index contributed by atoms with van der Waals surface area (Å²) in [6, 6.07) is 7.60. The second kappa shape index (κ2) is 5.67. The Balaban J connectivity index is 1.71. The fraction of sp³-hybridized carbons (Fsp3) is 0.214. The minimum atomic E-state index is -0.518. The first-order chi connectivity index (χ1) is 10.1. The molecule has 2 heterocycles. The third-order valence-electron chi connectivity index (χ3n) is 3.40. The molecule has 1 aliphatic heterocycles. The van der Waals surface area contributed by atoms with E-state index in [2.05, 4.69) is 33.8 Å². The molecule has 0 saturated carbocycles. The molecule has 0 spiro atoms. The lowest BCUT2D eigenvalue weighted by atomic mass is 10.1. The van der Waals surface area contributed by atoms with Crippen molar-refractivity contribution in [3.8, 4) is 0 Å². The molecule has 1 aromatic heterocycles. The van der Waals surface area contributed by atoms with Crippen LogP contribution in [-0.4, -0.2) is 9.91 Å². The van der Waals surface area contributed by atoms with Crippen LogP contribution in [0.4, 0.5) is 11.5 Å². The lowest BCUT2D eigenvalue weighted by Gasteiger charge is -2.08. The van der Waals surface area contributed by atoms with Crippen LogP contribution in [0.15, 0.2) is 30.5 Å². The highest BCUT2D eigenvalue weighted by Crippen LogP contribution is 2.24. The van der Waals surface area contributed by atoms with Crippen molar-refractivity contribution in [2.75, 3.05) is 5.32 Å². The predicted molar refractivity (Wildman–Crippen MR) is 80.2 cm³/mol. The van der Waals surface area contributed by atoms with Crippen molar-refractivity contribution in [3.05, 3.63) is 62.3 Å². The molecule has 0 fully saturated rings. The van der Waals surface area contributed by atoms with E-state index in [0.717, 1.165) is 18.7 Å². The smallest absolute Gasteiger partial charge is 0.289 e. The molecule has 6 nitrogen and oxygen atoms in total. The number of nitro groups is 1. The Kier molecular flexibility index (Phi) is 3.72. The lowest BCUT2D eigenvalue weighted by Crippen LogP contribution is -2.03. The van der Waals surface area contributed by atoms with E-state index in [4.69, 9.17) is 11.6 Å². The average Bonchev–Trinajstić information content (AvgIpc) is 2.93. The number of rotatable bonds is 4. The van der Waals surface area contributed by atoms with Crippen molar-refractivity contribution in [1.29, 1.82) is 0 Å². The molecule has 0 bridgehead atoms. The van der Waals surface area contributed by atoms with Crippen LogP contribution in [0.25, 0.3) is 0 Å². The molecule has 1 aromatic carbocycles. The molecule has 0 saturated heterocycles. The summed E-state index contributed by atoms with van der Waals surface area (Å²) in [7, 11) is 0. The van der Waals surface area contributed by atoms with E-state index < -0.39 is 4.92 Å². The maximum absolute atomic E-state index is 10.6. The number of hydrogen-bond donors (Lipinski definition) is 2. The number of benzene rings is 1. The SMILES string of the molecule is O=[N+]([O-])c1cnc(NCc2ccc3c(c2)CNC3)c(Cl)c1. The van der Waals surface area contributed by atoms with Gasteiger partial charge in [0.15, 0.2) is 0 Å². The molecule has 21 heavy (non-hydrogen) atoms. The zero-order chi connectivity index (χ0) is 14.8. The second-order valence-electron chi connectivity index (χ2n) is 4.84. The maximum atomic E-state index is 10.6. The Bertz CT molecular complexity index is 705. The molecule has 0 amide bonds. The second-order valence-corrected chi connectivity index (χ2v) is 5.25. The first kappa shape index (κ1) is 13.8. The molecular weight excluding hydrogens is 292 g/mol. The molecular formula is C14H13ClN4O2. The Morgan fingerprint density at radius 3 is 2.90 bits per heavy atom. The largest absolute Gasteiger partial charge is 0.365 e. The minimum absolute atomic E-state index is 0.117. The summed E-state index contributed by atoms with van der Waals surface area (Å²) >= 11 is 5.99. The first-order valence-corrected chi connectivity index (χ1v) is 6.86. The molecule has 0 atom stereocenters. The zero-order valence-corrected chi connectivity index (χ0v) is 11.9. The molecule has 0 unspecified atom stereocenters. The van der Waals surface area contributed by atoms with Gasteiger partial charge in [-0.15, -0.1) is 0 Å². The van der Waals surface area contributed by atoms with E-state index >= 15 is 0 Å². The molecule has 2 aromatic rings. The average molecular weight is 305 g/mol.